The molecule has 2 rings (SSSR count). The molecule has 1 aromatic rings. The molecular weight excluding hydrogens is 274 g/mol. The van der Waals surface area contributed by atoms with Gasteiger partial charge in [-0.3, -0.25) is 0 Å². The highest BCUT2D eigenvalue weighted by molar-refractivity contribution is 7.89. The molecule has 0 bridgehead atoms. The molecule has 6 heteroatoms. The quantitative estimate of drug-likeness (QED) is 0.838. The second kappa shape index (κ2) is 5.17. The monoisotopic (exact) mass is 289 g/mol. The highest BCUT2D eigenvalue weighted by Gasteiger charge is 2.32. The Morgan fingerprint density at radius 1 is 1.28 bits per heavy atom. The summed E-state index contributed by atoms with van der Waals surface area (Å²) in [6.45, 7) is 4.49. The number of sulfonamides is 1. The van der Waals surface area contributed by atoms with Gasteiger partial charge in [-0.1, -0.05) is 17.7 Å². The van der Waals surface area contributed by atoms with Crippen molar-refractivity contribution in [2.45, 2.75) is 31.0 Å². The first kappa shape index (κ1) is 13.8. The van der Waals surface area contributed by atoms with Gasteiger partial charge in [-0.15, -0.1) is 0 Å². The largest absolute Gasteiger partial charge is 0.373 e. The Labute approximate surface area is 113 Å². The maximum Gasteiger partial charge on any atom is 0.243 e. The van der Waals surface area contributed by atoms with Gasteiger partial charge < -0.3 is 4.74 Å². The van der Waals surface area contributed by atoms with E-state index in [1.165, 1.54) is 10.4 Å². The summed E-state index contributed by atoms with van der Waals surface area (Å²) in [6.07, 6.45) is -0.189. The van der Waals surface area contributed by atoms with Crippen LogP contribution < -0.4 is 0 Å². The van der Waals surface area contributed by atoms with Crippen LogP contribution in [0.1, 0.15) is 13.8 Å². The van der Waals surface area contributed by atoms with Crippen LogP contribution in [-0.2, 0) is 14.8 Å². The van der Waals surface area contributed by atoms with Crippen molar-refractivity contribution >= 4 is 21.6 Å². The lowest BCUT2D eigenvalue weighted by Gasteiger charge is -2.34. The van der Waals surface area contributed by atoms with Crippen LogP contribution in [0.4, 0.5) is 0 Å². The van der Waals surface area contributed by atoms with Crippen LogP contribution in [-0.4, -0.2) is 38.0 Å². The summed E-state index contributed by atoms with van der Waals surface area (Å²) in [5, 5.41) is 0.422. The SMILES string of the molecule is C[C@H]1CN(S(=O)(=O)c2cccc(Cl)c2)C[C@H](C)O1. The summed E-state index contributed by atoms with van der Waals surface area (Å²) >= 11 is 5.84. The van der Waals surface area contributed by atoms with E-state index in [2.05, 4.69) is 0 Å². The van der Waals surface area contributed by atoms with Gasteiger partial charge in [-0.2, -0.15) is 4.31 Å². The van der Waals surface area contributed by atoms with Crippen molar-refractivity contribution in [1.82, 2.24) is 4.31 Å². The van der Waals surface area contributed by atoms with E-state index < -0.39 is 10.0 Å². The number of benzene rings is 1. The average molecular weight is 290 g/mol. The molecule has 100 valence electrons. The van der Waals surface area contributed by atoms with E-state index in [9.17, 15) is 8.42 Å². The second-order valence-electron chi connectivity index (χ2n) is 4.54. The van der Waals surface area contributed by atoms with Crippen molar-refractivity contribution in [1.29, 1.82) is 0 Å². The van der Waals surface area contributed by atoms with E-state index in [1.807, 2.05) is 13.8 Å². The molecule has 0 saturated carbocycles. The van der Waals surface area contributed by atoms with Gasteiger partial charge in [0, 0.05) is 18.1 Å². The number of ether oxygens (including phenoxy) is 1. The summed E-state index contributed by atoms with van der Waals surface area (Å²) < 4.78 is 31.9. The standard InChI is InChI=1S/C12H16ClNO3S/c1-9-7-14(8-10(2)17-9)18(15,16)12-5-3-4-11(13)6-12/h3-6,9-10H,7-8H2,1-2H3/t9-,10-/m0/s1. The van der Waals surface area contributed by atoms with Crippen LogP contribution in [0.25, 0.3) is 0 Å². The van der Waals surface area contributed by atoms with Gasteiger partial charge in [0.2, 0.25) is 10.0 Å². The molecule has 1 aromatic carbocycles. The third kappa shape index (κ3) is 2.85. The molecule has 0 aromatic heterocycles. The minimum Gasteiger partial charge on any atom is -0.373 e. The van der Waals surface area contributed by atoms with Crippen LogP contribution in [0, 0.1) is 0 Å². The third-order valence-electron chi connectivity index (χ3n) is 2.82. The van der Waals surface area contributed by atoms with Gasteiger partial charge in [0.25, 0.3) is 0 Å². The Balaban J connectivity index is 2.31. The van der Waals surface area contributed by atoms with Crippen LogP contribution in [0.5, 0.6) is 0 Å². The molecular formula is C12H16ClNO3S. The Morgan fingerprint density at radius 3 is 2.44 bits per heavy atom. The number of halogens is 1. The van der Waals surface area contributed by atoms with Crippen LogP contribution in [0.15, 0.2) is 29.2 Å². The van der Waals surface area contributed by atoms with Crippen LogP contribution in [0.2, 0.25) is 5.02 Å². The van der Waals surface area contributed by atoms with Gasteiger partial charge in [0.15, 0.2) is 0 Å². The lowest BCUT2D eigenvalue weighted by atomic mass is 10.3. The molecule has 2 atom stereocenters. The molecule has 18 heavy (non-hydrogen) atoms. The molecule has 1 heterocycles. The zero-order valence-corrected chi connectivity index (χ0v) is 11.9. The zero-order valence-electron chi connectivity index (χ0n) is 10.3. The van der Waals surface area contributed by atoms with Gasteiger partial charge >= 0.3 is 0 Å². The van der Waals surface area contributed by atoms with E-state index in [-0.39, 0.29) is 17.1 Å². The normalized spacial score (nSPS) is 26.2. The van der Waals surface area contributed by atoms with Gasteiger partial charge in [0.05, 0.1) is 17.1 Å². The molecule has 0 N–H and O–H groups in total. The van der Waals surface area contributed by atoms with Crippen molar-refractivity contribution in [3.05, 3.63) is 29.3 Å². The lowest BCUT2D eigenvalue weighted by molar-refractivity contribution is -0.0440. The van der Waals surface area contributed by atoms with Crippen molar-refractivity contribution in [2.75, 3.05) is 13.1 Å². The minimum absolute atomic E-state index is 0.0947. The Morgan fingerprint density at radius 2 is 1.89 bits per heavy atom. The molecule has 4 nitrogen and oxygen atoms in total. The molecule has 1 fully saturated rings. The molecule has 0 amide bonds. The van der Waals surface area contributed by atoms with Crippen molar-refractivity contribution in [3.8, 4) is 0 Å². The summed E-state index contributed by atoms with van der Waals surface area (Å²) in [6, 6.07) is 6.33. The fourth-order valence-corrected chi connectivity index (χ4v) is 4.00. The molecule has 0 radical (unpaired) electrons. The number of nitrogens with zero attached hydrogens (tertiary/aromatic N) is 1. The predicted molar refractivity (Wildman–Crippen MR) is 70.2 cm³/mol. The van der Waals surface area contributed by atoms with Crippen LogP contribution >= 0.6 is 11.6 Å². The Kier molecular flexibility index (Phi) is 3.96. The summed E-state index contributed by atoms with van der Waals surface area (Å²) in [7, 11) is -3.48. The molecule has 0 aliphatic carbocycles. The Hall–Kier alpha value is -0.620. The van der Waals surface area contributed by atoms with E-state index >= 15 is 0 Å². The molecule has 1 saturated heterocycles. The van der Waals surface area contributed by atoms with Gasteiger partial charge in [0.1, 0.15) is 0 Å². The zero-order chi connectivity index (χ0) is 13.3. The topological polar surface area (TPSA) is 46.6 Å². The maximum absolute atomic E-state index is 12.4. The third-order valence-corrected chi connectivity index (χ3v) is 4.88. The van der Waals surface area contributed by atoms with E-state index in [1.54, 1.807) is 18.2 Å². The minimum atomic E-state index is -3.48. The Bertz CT molecular complexity index is 522. The highest BCUT2D eigenvalue weighted by Crippen LogP contribution is 2.23. The number of hydrogen-bond acceptors (Lipinski definition) is 3. The first-order valence-electron chi connectivity index (χ1n) is 5.81. The van der Waals surface area contributed by atoms with Crippen molar-refractivity contribution in [3.63, 3.8) is 0 Å². The van der Waals surface area contributed by atoms with Gasteiger partial charge in [-0.05, 0) is 32.0 Å². The average Bonchev–Trinajstić information content (AvgIpc) is 2.27. The predicted octanol–water partition coefficient (Wildman–Crippen LogP) is 2.14. The smallest absolute Gasteiger partial charge is 0.243 e. The lowest BCUT2D eigenvalue weighted by Crippen LogP contribution is -2.48. The van der Waals surface area contributed by atoms with Crippen LogP contribution in [0.3, 0.4) is 0 Å². The van der Waals surface area contributed by atoms with E-state index in [4.69, 9.17) is 16.3 Å². The molecule has 1 aliphatic rings. The molecule has 0 spiro atoms. The summed E-state index contributed by atoms with van der Waals surface area (Å²) in [5.41, 5.74) is 0. The second-order valence-corrected chi connectivity index (χ2v) is 6.91. The fourth-order valence-electron chi connectivity index (χ4n) is 2.10. The number of morpholine rings is 1. The van der Waals surface area contributed by atoms with Gasteiger partial charge in [-0.25, -0.2) is 8.42 Å². The first-order valence-corrected chi connectivity index (χ1v) is 7.62. The van der Waals surface area contributed by atoms with Crippen molar-refractivity contribution < 1.29 is 13.2 Å². The number of rotatable bonds is 2. The summed E-state index contributed by atoms with van der Waals surface area (Å²) in [5.74, 6) is 0. The molecule has 1 aliphatic heterocycles. The van der Waals surface area contributed by atoms with E-state index in [0.29, 0.717) is 18.1 Å². The fraction of sp³-hybridized carbons (Fsp3) is 0.500. The first-order chi connectivity index (χ1) is 8.39. The number of hydrogen-bond donors (Lipinski definition) is 0. The molecule has 0 unspecified atom stereocenters. The van der Waals surface area contributed by atoms with E-state index in [0.717, 1.165) is 0 Å². The van der Waals surface area contributed by atoms with Crippen molar-refractivity contribution in [2.24, 2.45) is 0 Å². The maximum atomic E-state index is 12.4. The highest BCUT2D eigenvalue weighted by atomic mass is 35.5. The summed E-state index contributed by atoms with van der Waals surface area (Å²) in [4.78, 5) is 0.233.